The highest BCUT2D eigenvalue weighted by atomic mass is 35.5. The molecule has 2 aromatic rings. The normalized spacial score (nSPS) is 20.6. The molecular formula is C21H23ClFNO. The number of rotatable bonds is 4. The second kappa shape index (κ2) is 7.17. The standard InChI is InChI=1S/C21H23ClFNO/c1-4-14-12-24(17-8-9-19(22)18(11-17)13(2)3)21(25)20(14)15-6-5-7-16(23)10-15/h5-11,13-14,20H,4,12H2,1-3H3. The first-order chi connectivity index (χ1) is 11.9. The third-order valence-electron chi connectivity index (χ3n) is 5.07. The Kier molecular flexibility index (Phi) is 5.14. The van der Waals surface area contributed by atoms with Gasteiger partial charge in [-0.15, -0.1) is 0 Å². The fourth-order valence-electron chi connectivity index (χ4n) is 3.65. The molecule has 0 bridgehead atoms. The van der Waals surface area contributed by atoms with Gasteiger partial charge in [0.2, 0.25) is 5.91 Å². The van der Waals surface area contributed by atoms with E-state index in [0.29, 0.717) is 6.54 Å². The van der Waals surface area contributed by atoms with Crippen LogP contribution in [-0.2, 0) is 4.79 Å². The van der Waals surface area contributed by atoms with Crippen molar-refractivity contribution in [2.24, 2.45) is 5.92 Å². The second-order valence-electron chi connectivity index (χ2n) is 7.01. The molecule has 2 unspecified atom stereocenters. The van der Waals surface area contributed by atoms with Crippen molar-refractivity contribution in [3.63, 3.8) is 0 Å². The Labute approximate surface area is 153 Å². The Hall–Kier alpha value is -1.87. The van der Waals surface area contributed by atoms with Crippen LogP contribution < -0.4 is 4.90 Å². The highest BCUT2D eigenvalue weighted by Gasteiger charge is 2.41. The zero-order chi connectivity index (χ0) is 18.1. The van der Waals surface area contributed by atoms with E-state index in [1.807, 2.05) is 29.2 Å². The molecule has 1 fully saturated rings. The number of halogens is 2. The lowest BCUT2D eigenvalue weighted by atomic mass is 9.87. The van der Waals surface area contributed by atoms with Gasteiger partial charge in [0, 0.05) is 17.3 Å². The molecule has 2 atom stereocenters. The minimum absolute atomic E-state index is 0.0366. The van der Waals surface area contributed by atoms with E-state index in [4.69, 9.17) is 11.6 Å². The number of amides is 1. The first-order valence-corrected chi connectivity index (χ1v) is 9.16. The highest BCUT2D eigenvalue weighted by molar-refractivity contribution is 6.31. The lowest BCUT2D eigenvalue weighted by molar-refractivity contribution is -0.118. The molecule has 3 rings (SSSR count). The summed E-state index contributed by atoms with van der Waals surface area (Å²) in [4.78, 5) is 14.9. The molecule has 25 heavy (non-hydrogen) atoms. The van der Waals surface area contributed by atoms with Crippen LogP contribution in [0.5, 0.6) is 0 Å². The number of benzene rings is 2. The molecule has 0 aromatic heterocycles. The van der Waals surface area contributed by atoms with Crippen molar-refractivity contribution in [3.8, 4) is 0 Å². The van der Waals surface area contributed by atoms with Crippen LogP contribution in [0, 0.1) is 11.7 Å². The maximum Gasteiger partial charge on any atom is 0.234 e. The molecule has 2 aromatic carbocycles. The summed E-state index contributed by atoms with van der Waals surface area (Å²) in [6.07, 6.45) is 0.869. The van der Waals surface area contributed by atoms with Gasteiger partial charge in [-0.2, -0.15) is 0 Å². The SMILES string of the molecule is CCC1CN(c2ccc(Cl)c(C(C)C)c2)C(=O)C1c1cccc(F)c1. The third kappa shape index (κ3) is 3.43. The van der Waals surface area contributed by atoms with E-state index in [-0.39, 0.29) is 29.5 Å². The Morgan fingerprint density at radius 1 is 1.24 bits per heavy atom. The predicted molar refractivity (Wildman–Crippen MR) is 101 cm³/mol. The number of anilines is 1. The summed E-state index contributed by atoms with van der Waals surface area (Å²) in [7, 11) is 0. The predicted octanol–water partition coefficient (Wildman–Crippen LogP) is 5.76. The number of hydrogen-bond acceptors (Lipinski definition) is 1. The molecule has 132 valence electrons. The summed E-state index contributed by atoms with van der Waals surface area (Å²) < 4.78 is 13.6. The zero-order valence-corrected chi connectivity index (χ0v) is 15.6. The summed E-state index contributed by atoms with van der Waals surface area (Å²) in [6.45, 7) is 6.90. The average molecular weight is 360 g/mol. The average Bonchev–Trinajstić information content (AvgIpc) is 2.91. The summed E-state index contributed by atoms with van der Waals surface area (Å²) in [6, 6.07) is 12.2. The molecule has 1 amide bonds. The van der Waals surface area contributed by atoms with Crippen LogP contribution in [0.1, 0.15) is 50.2 Å². The van der Waals surface area contributed by atoms with Crippen LogP contribution in [-0.4, -0.2) is 12.5 Å². The van der Waals surface area contributed by atoms with Crippen LogP contribution in [0.15, 0.2) is 42.5 Å². The van der Waals surface area contributed by atoms with Crippen molar-refractivity contribution in [2.45, 2.75) is 39.0 Å². The van der Waals surface area contributed by atoms with Crippen LogP contribution in [0.4, 0.5) is 10.1 Å². The lowest BCUT2D eigenvalue weighted by Gasteiger charge is -2.19. The first kappa shape index (κ1) is 17.9. The van der Waals surface area contributed by atoms with Crippen molar-refractivity contribution in [3.05, 3.63) is 64.4 Å². The number of hydrogen-bond donors (Lipinski definition) is 0. The van der Waals surface area contributed by atoms with E-state index in [1.165, 1.54) is 12.1 Å². The van der Waals surface area contributed by atoms with E-state index in [0.717, 1.165) is 28.3 Å². The van der Waals surface area contributed by atoms with Gasteiger partial charge in [-0.1, -0.05) is 50.9 Å². The van der Waals surface area contributed by atoms with Gasteiger partial charge in [0.1, 0.15) is 5.82 Å². The second-order valence-corrected chi connectivity index (χ2v) is 7.42. The Bertz CT molecular complexity index is 789. The van der Waals surface area contributed by atoms with Gasteiger partial charge in [0.25, 0.3) is 0 Å². The fraction of sp³-hybridized carbons (Fsp3) is 0.381. The van der Waals surface area contributed by atoms with Crippen LogP contribution in [0.25, 0.3) is 0 Å². The van der Waals surface area contributed by atoms with Gasteiger partial charge in [-0.3, -0.25) is 4.79 Å². The highest BCUT2D eigenvalue weighted by Crippen LogP contribution is 2.39. The molecule has 0 aliphatic carbocycles. The topological polar surface area (TPSA) is 20.3 Å². The minimum Gasteiger partial charge on any atom is -0.312 e. The molecule has 1 heterocycles. The van der Waals surface area contributed by atoms with Gasteiger partial charge >= 0.3 is 0 Å². The Balaban J connectivity index is 1.97. The van der Waals surface area contributed by atoms with Crippen molar-refractivity contribution in [1.29, 1.82) is 0 Å². The molecule has 1 saturated heterocycles. The largest absolute Gasteiger partial charge is 0.312 e. The van der Waals surface area contributed by atoms with Gasteiger partial charge in [0.05, 0.1) is 5.92 Å². The van der Waals surface area contributed by atoms with E-state index in [2.05, 4.69) is 20.8 Å². The summed E-state index contributed by atoms with van der Waals surface area (Å²) >= 11 is 6.29. The number of carbonyl (C=O) groups is 1. The Morgan fingerprint density at radius 3 is 2.64 bits per heavy atom. The molecule has 2 nitrogen and oxygen atoms in total. The molecule has 0 spiro atoms. The summed E-state index contributed by atoms with van der Waals surface area (Å²) in [5.74, 6) is -0.0980. The molecule has 4 heteroatoms. The maximum absolute atomic E-state index is 13.6. The zero-order valence-electron chi connectivity index (χ0n) is 14.8. The number of carbonyl (C=O) groups excluding carboxylic acids is 1. The van der Waals surface area contributed by atoms with Gasteiger partial charge < -0.3 is 4.90 Å². The molecule has 0 N–H and O–H groups in total. The fourth-order valence-corrected chi connectivity index (χ4v) is 3.99. The minimum atomic E-state index is -0.299. The molecule has 1 aliphatic rings. The van der Waals surface area contributed by atoms with Crippen molar-refractivity contribution in [1.82, 2.24) is 0 Å². The molecular weight excluding hydrogens is 337 g/mol. The quantitative estimate of drug-likeness (QED) is 0.679. The van der Waals surface area contributed by atoms with Crippen molar-refractivity contribution >= 4 is 23.2 Å². The van der Waals surface area contributed by atoms with E-state index in [1.54, 1.807) is 6.07 Å². The summed E-state index contributed by atoms with van der Waals surface area (Å²) in [5, 5.41) is 0.721. The third-order valence-corrected chi connectivity index (χ3v) is 5.41. The molecule has 1 aliphatic heterocycles. The van der Waals surface area contributed by atoms with Gasteiger partial charge in [-0.05, 0) is 53.3 Å². The first-order valence-electron chi connectivity index (χ1n) is 8.78. The van der Waals surface area contributed by atoms with E-state index >= 15 is 0 Å². The number of nitrogens with zero attached hydrogens (tertiary/aromatic N) is 1. The van der Waals surface area contributed by atoms with Crippen LogP contribution >= 0.6 is 11.6 Å². The smallest absolute Gasteiger partial charge is 0.234 e. The summed E-state index contributed by atoms with van der Waals surface area (Å²) in [5.41, 5.74) is 2.67. The monoisotopic (exact) mass is 359 g/mol. The van der Waals surface area contributed by atoms with Crippen LogP contribution in [0.3, 0.4) is 0 Å². The van der Waals surface area contributed by atoms with Gasteiger partial charge in [0.15, 0.2) is 0 Å². The van der Waals surface area contributed by atoms with Crippen LogP contribution in [0.2, 0.25) is 5.02 Å². The molecule has 0 radical (unpaired) electrons. The maximum atomic E-state index is 13.6. The lowest BCUT2D eigenvalue weighted by Crippen LogP contribution is -2.26. The van der Waals surface area contributed by atoms with Crippen molar-refractivity contribution in [2.75, 3.05) is 11.4 Å². The van der Waals surface area contributed by atoms with E-state index in [9.17, 15) is 9.18 Å². The molecule has 0 saturated carbocycles. The van der Waals surface area contributed by atoms with Gasteiger partial charge in [-0.25, -0.2) is 4.39 Å². The van der Waals surface area contributed by atoms with E-state index < -0.39 is 0 Å². The van der Waals surface area contributed by atoms with Crippen molar-refractivity contribution < 1.29 is 9.18 Å². The Morgan fingerprint density at radius 2 is 2.00 bits per heavy atom.